The van der Waals surface area contributed by atoms with Gasteiger partial charge in [-0.15, -0.1) is 0 Å². The smallest absolute Gasteiger partial charge is 0.192 e. The van der Waals surface area contributed by atoms with Gasteiger partial charge in [0.1, 0.15) is 0 Å². The minimum absolute atomic E-state index is 0.0354. The second kappa shape index (κ2) is 11.3. The topological polar surface area (TPSA) is 35.5 Å². The second-order valence-corrected chi connectivity index (χ2v) is 18.3. The number of Topliss-reactive ketones (excluding diaryl/α,β-unsaturated/α-hetero) is 1. The Kier molecular flexibility index (Phi) is 9.16. The second-order valence-electron chi connectivity index (χ2n) is 12.7. The van der Waals surface area contributed by atoms with E-state index in [0.717, 1.165) is 29.5 Å². The summed E-state index contributed by atoms with van der Waals surface area (Å²) in [6, 6.07) is 18.4. The number of ether oxygens (including phenoxy) is 1. The first-order valence-corrected chi connectivity index (χ1v) is 17.1. The van der Waals surface area contributed by atoms with Crippen LogP contribution in [0.4, 0.5) is 0 Å². The monoisotopic (exact) mass is 584 g/mol. The van der Waals surface area contributed by atoms with E-state index in [0.29, 0.717) is 13.0 Å². The van der Waals surface area contributed by atoms with Gasteiger partial charge in [0.15, 0.2) is 14.1 Å². The summed E-state index contributed by atoms with van der Waals surface area (Å²) in [5.41, 5.74) is 3.48. The van der Waals surface area contributed by atoms with E-state index in [1.807, 2.05) is 24.3 Å². The minimum Gasteiger partial charge on any atom is -0.410 e. The van der Waals surface area contributed by atoms with Crippen molar-refractivity contribution in [1.29, 1.82) is 0 Å². The summed E-state index contributed by atoms with van der Waals surface area (Å²) in [5, 5.41) is 0.0354. The number of hydrogen-bond donors (Lipinski definition) is 0. The van der Waals surface area contributed by atoms with Crippen LogP contribution in [-0.2, 0) is 15.8 Å². The number of halogens is 1. The first-order valence-electron chi connectivity index (χ1n) is 13.4. The third kappa shape index (κ3) is 6.38. The molecule has 0 bridgehead atoms. The highest BCUT2D eigenvalue weighted by Crippen LogP contribution is 2.56. The zero-order valence-electron chi connectivity index (χ0n) is 24.2. The predicted molar refractivity (Wildman–Crippen MR) is 161 cm³/mol. The molecule has 1 aliphatic carbocycles. The molecule has 3 rings (SSSR count). The molecule has 0 saturated heterocycles. The standard InChI is InChI=1S/C32H45BrO3Si/c1-23-19-20-32(31(6,7)29(23)33,35-22-25-15-11-10-12-16-25)21-28(36-37(8,9)30(3,4)5)27-18-14-13-17-26(27)24(2)34/h10-18,28H,19-22H2,1-9H3/t28-,32+/m0/s1. The van der Waals surface area contributed by atoms with E-state index < -0.39 is 13.9 Å². The number of allylic oxidation sites excluding steroid dienone is 1. The van der Waals surface area contributed by atoms with Gasteiger partial charge in [0, 0.05) is 21.9 Å². The lowest BCUT2D eigenvalue weighted by atomic mass is 9.64. The molecule has 0 aromatic heterocycles. The van der Waals surface area contributed by atoms with Crippen LogP contribution in [0.1, 0.15) is 95.3 Å². The Labute approximate surface area is 234 Å². The number of hydrogen-bond acceptors (Lipinski definition) is 3. The predicted octanol–water partition coefficient (Wildman–Crippen LogP) is 9.79. The molecular weight excluding hydrogens is 540 g/mol. The third-order valence-electron chi connectivity index (χ3n) is 8.77. The molecule has 0 fully saturated rings. The van der Waals surface area contributed by atoms with E-state index in [-0.39, 0.29) is 22.3 Å². The average Bonchev–Trinajstić information content (AvgIpc) is 2.83. The Bertz CT molecular complexity index is 1130. The molecule has 37 heavy (non-hydrogen) atoms. The molecular formula is C32H45BrO3Si. The molecule has 2 atom stereocenters. The van der Waals surface area contributed by atoms with Crippen LogP contribution in [0.5, 0.6) is 0 Å². The molecule has 0 saturated carbocycles. The average molecular weight is 586 g/mol. The van der Waals surface area contributed by atoms with Crippen LogP contribution in [0.2, 0.25) is 18.1 Å². The number of carbonyl (C=O) groups is 1. The Morgan fingerprint density at radius 1 is 1.05 bits per heavy atom. The van der Waals surface area contributed by atoms with Gasteiger partial charge in [-0.2, -0.15) is 0 Å². The zero-order chi connectivity index (χ0) is 27.6. The summed E-state index contributed by atoms with van der Waals surface area (Å²) in [4.78, 5) is 12.7. The molecule has 0 N–H and O–H groups in total. The maximum Gasteiger partial charge on any atom is 0.192 e. The van der Waals surface area contributed by atoms with E-state index in [1.165, 1.54) is 10.1 Å². The molecule has 5 heteroatoms. The molecule has 2 aromatic rings. The van der Waals surface area contributed by atoms with Crippen LogP contribution in [0.3, 0.4) is 0 Å². The van der Waals surface area contributed by atoms with Crippen molar-refractivity contribution in [2.24, 2.45) is 5.41 Å². The Morgan fingerprint density at radius 3 is 2.24 bits per heavy atom. The first kappa shape index (κ1) is 30.0. The Morgan fingerprint density at radius 2 is 1.65 bits per heavy atom. The first-order chi connectivity index (χ1) is 17.1. The summed E-state index contributed by atoms with van der Waals surface area (Å²) in [6.45, 7) is 20.3. The number of carbonyl (C=O) groups excluding carboxylic acids is 1. The highest BCUT2D eigenvalue weighted by molar-refractivity contribution is 9.11. The van der Waals surface area contributed by atoms with E-state index in [1.54, 1.807) is 6.92 Å². The van der Waals surface area contributed by atoms with Gasteiger partial charge in [-0.05, 0) is 55.9 Å². The highest BCUT2D eigenvalue weighted by Gasteiger charge is 2.53. The van der Waals surface area contributed by atoms with Gasteiger partial charge >= 0.3 is 0 Å². The maximum atomic E-state index is 12.7. The zero-order valence-corrected chi connectivity index (χ0v) is 26.8. The fraction of sp³-hybridized carbons (Fsp3) is 0.531. The summed E-state index contributed by atoms with van der Waals surface area (Å²) in [5.74, 6) is 0.0681. The van der Waals surface area contributed by atoms with Crippen molar-refractivity contribution < 1.29 is 14.0 Å². The molecule has 0 heterocycles. The summed E-state index contributed by atoms with van der Waals surface area (Å²) >= 11 is 3.97. The van der Waals surface area contributed by atoms with Crippen LogP contribution >= 0.6 is 15.9 Å². The summed E-state index contributed by atoms with van der Waals surface area (Å²) < 4.78 is 15.4. The molecule has 2 aromatic carbocycles. The van der Waals surface area contributed by atoms with E-state index >= 15 is 0 Å². The summed E-state index contributed by atoms with van der Waals surface area (Å²) in [6.07, 6.45) is 2.27. The van der Waals surface area contributed by atoms with Crippen molar-refractivity contribution in [2.45, 2.75) is 104 Å². The largest absolute Gasteiger partial charge is 0.410 e. The molecule has 0 amide bonds. The van der Waals surface area contributed by atoms with Crippen LogP contribution < -0.4 is 0 Å². The molecule has 202 valence electrons. The van der Waals surface area contributed by atoms with Gasteiger partial charge in [-0.3, -0.25) is 4.79 Å². The molecule has 3 nitrogen and oxygen atoms in total. The SMILES string of the molecule is CC(=O)c1ccccc1[C@H](C[C@]1(OCc2ccccc2)CCC(C)=C(Br)C1(C)C)O[Si](C)(C)C(C)(C)C. The van der Waals surface area contributed by atoms with Crippen molar-refractivity contribution in [2.75, 3.05) is 0 Å². The maximum absolute atomic E-state index is 12.7. The highest BCUT2D eigenvalue weighted by atomic mass is 79.9. The lowest BCUT2D eigenvalue weighted by Crippen LogP contribution is -2.52. The van der Waals surface area contributed by atoms with Gasteiger partial charge in [0.2, 0.25) is 0 Å². The van der Waals surface area contributed by atoms with Gasteiger partial charge in [0.25, 0.3) is 0 Å². The van der Waals surface area contributed by atoms with E-state index in [2.05, 4.69) is 101 Å². The number of ketones is 1. The van der Waals surface area contributed by atoms with Crippen LogP contribution in [0, 0.1) is 5.41 Å². The van der Waals surface area contributed by atoms with Crippen molar-refractivity contribution in [3.05, 3.63) is 81.3 Å². The van der Waals surface area contributed by atoms with Crippen molar-refractivity contribution in [3.8, 4) is 0 Å². The Balaban J connectivity index is 2.14. The number of rotatable bonds is 9. The van der Waals surface area contributed by atoms with Crippen LogP contribution in [0.25, 0.3) is 0 Å². The molecule has 0 unspecified atom stereocenters. The lowest BCUT2D eigenvalue weighted by molar-refractivity contribution is -0.146. The third-order valence-corrected chi connectivity index (χ3v) is 14.9. The van der Waals surface area contributed by atoms with Gasteiger partial charge < -0.3 is 9.16 Å². The normalized spacial score (nSPS) is 21.1. The molecule has 0 spiro atoms. The minimum atomic E-state index is -2.18. The summed E-state index contributed by atoms with van der Waals surface area (Å²) in [7, 11) is -2.18. The quantitative estimate of drug-likeness (QED) is 0.217. The number of benzene rings is 2. The molecule has 1 aliphatic rings. The van der Waals surface area contributed by atoms with Crippen molar-refractivity contribution in [1.82, 2.24) is 0 Å². The van der Waals surface area contributed by atoms with Gasteiger partial charge in [0.05, 0.1) is 18.3 Å². The van der Waals surface area contributed by atoms with Crippen molar-refractivity contribution in [3.63, 3.8) is 0 Å². The lowest BCUT2D eigenvalue weighted by Gasteiger charge is -2.52. The molecule has 0 radical (unpaired) electrons. The van der Waals surface area contributed by atoms with E-state index in [4.69, 9.17) is 9.16 Å². The van der Waals surface area contributed by atoms with E-state index in [9.17, 15) is 4.79 Å². The van der Waals surface area contributed by atoms with Crippen LogP contribution in [0.15, 0.2) is 64.7 Å². The van der Waals surface area contributed by atoms with Gasteiger partial charge in [-0.25, -0.2) is 0 Å². The van der Waals surface area contributed by atoms with Crippen molar-refractivity contribution >= 4 is 30.0 Å². The van der Waals surface area contributed by atoms with Crippen LogP contribution in [-0.4, -0.2) is 19.7 Å². The fourth-order valence-corrected chi connectivity index (χ4v) is 6.99. The van der Waals surface area contributed by atoms with Gasteiger partial charge in [-0.1, -0.05) is 111 Å². The Hall–Kier alpha value is -1.53. The molecule has 0 aliphatic heterocycles. The fourth-order valence-electron chi connectivity index (χ4n) is 5.15.